The molecule has 2 N–H and O–H groups in total. The fourth-order valence-electron chi connectivity index (χ4n) is 1.50. The minimum Gasteiger partial charge on any atom is -0.461 e. The van der Waals surface area contributed by atoms with Crippen LogP contribution in [0.4, 0.5) is 5.69 Å². The molecule has 19 heavy (non-hydrogen) atoms. The summed E-state index contributed by atoms with van der Waals surface area (Å²) in [4.78, 5) is 23.1. The monoisotopic (exact) mass is 289 g/mol. The normalized spacial score (nSPS) is 9.63. The highest BCUT2D eigenvalue weighted by atomic mass is 35.5. The lowest BCUT2D eigenvalue weighted by Crippen LogP contribution is -2.18. The quantitative estimate of drug-likeness (QED) is 0.771. The van der Waals surface area contributed by atoms with Gasteiger partial charge in [0.2, 0.25) is 5.91 Å². The Bertz CT molecular complexity index is 432. The molecule has 0 atom stereocenters. The van der Waals surface area contributed by atoms with Crippen LogP contribution in [0.25, 0.3) is 0 Å². The molecular weight excluding hydrogens is 270 g/mol. The van der Waals surface area contributed by atoms with E-state index in [0.29, 0.717) is 31.0 Å². The van der Waals surface area contributed by atoms with Crippen molar-refractivity contribution in [2.75, 3.05) is 25.5 Å². The number of esters is 1. The van der Waals surface area contributed by atoms with Gasteiger partial charge in [-0.2, -0.15) is 0 Å². The molecule has 1 aromatic heterocycles. The number of rotatable bonds is 6. The fraction of sp³-hybridized carbons (Fsp3) is 0.500. The Morgan fingerprint density at radius 1 is 1.42 bits per heavy atom. The SMILES string of the molecule is CCOC(=O)c1cc(NC(=O)CCNC)cn1C.Cl. The largest absolute Gasteiger partial charge is 0.461 e. The summed E-state index contributed by atoms with van der Waals surface area (Å²) in [5, 5.41) is 5.62. The first-order valence-corrected chi connectivity index (χ1v) is 5.86. The van der Waals surface area contributed by atoms with Gasteiger partial charge >= 0.3 is 5.97 Å². The van der Waals surface area contributed by atoms with Gasteiger partial charge in [0, 0.05) is 26.2 Å². The lowest BCUT2D eigenvalue weighted by Gasteiger charge is -2.01. The van der Waals surface area contributed by atoms with E-state index in [0.717, 1.165) is 0 Å². The zero-order valence-electron chi connectivity index (χ0n) is 11.4. The number of aromatic nitrogens is 1. The lowest BCUT2D eigenvalue weighted by atomic mass is 10.3. The van der Waals surface area contributed by atoms with E-state index in [9.17, 15) is 9.59 Å². The van der Waals surface area contributed by atoms with Gasteiger partial charge in [-0.05, 0) is 20.0 Å². The van der Waals surface area contributed by atoms with Crippen LogP contribution < -0.4 is 10.6 Å². The number of anilines is 1. The molecule has 108 valence electrons. The van der Waals surface area contributed by atoms with Crippen LogP contribution in [0.3, 0.4) is 0 Å². The molecule has 0 unspecified atom stereocenters. The Labute approximate surface area is 118 Å². The molecule has 0 aliphatic heterocycles. The van der Waals surface area contributed by atoms with Crippen molar-refractivity contribution in [2.24, 2.45) is 7.05 Å². The Kier molecular flexibility index (Phi) is 7.86. The van der Waals surface area contributed by atoms with Gasteiger partial charge < -0.3 is 19.9 Å². The molecule has 0 aromatic carbocycles. The molecule has 1 rings (SSSR count). The number of carbonyl (C=O) groups excluding carboxylic acids is 2. The molecule has 1 heterocycles. The maximum Gasteiger partial charge on any atom is 0.355 e. The van der Waals surface area contributed by atoms with Crippen molar-refractivity contribution < 1.29 is 14.3 Å². The number of hydrogen-bond acceptors (Lipinski definition) is 4. The number of halogens is 1. The average molecular weight is 290 g/mol. The van der Waals surface area contributed by atoms with Gasteiger partial charge in [0.05, 0.1) is 12.3 Å². The molecule has 0 aliphatic rings. The first-order valence-electron chi connectivity index (χ1n) is 5.86. The summed E-state index contributed by atoms with van der Waals surface area (Å²) in [5.74, 6) is -0.485. The fourth-order valence-corrected chi connectivity index (χ4v) is 1.50. The third kappa shape index (κ3) is 5.32. The average Bonchev–Trinajstić information content (AvgIpc) is 2.68. The van der Waals surface area contributed by atoms with Crippen LogP contribution >= 0.6 is 12.4 Å². The van der Waals surface area contributed by atoms with Crippen LogP contribution in [-0.4, -0.2) is 36.6 Å². The third-order valence-electron chi connectivity index (χ3n) is 2.38. The minimum absolute atomic E-state index is 0. The standard InChI is InChI=1S/C12H19N3O3.ClH/c1-4-18-12(17)10-7-9(8-15(10)3)14-11(16)5-6-13-2;/h7-8,13H,4-6H2,1-3H3,(H,14,16);1H. The first kappa shape index (κ1) is 17.5. The van der Waals surface area contributed by atoms with E-state index >= 15 is 0 Å². The van der Waals surface area contributed by atoms with Crippen molar-refractivity contribution in [2.45, 2.75) is 13.3 Å². The van der Waals surface area contributed by atoms with Gasteiger partial charge in [0.1, 0.15) is 5.69 Å². The maximum absolute atomic E-state index is 11.6. The summed E-state index contributed by atoms with van der Waals surface area (Å²) in [6.45, 7) is 2.69. The summed E-state index contributed by atoms with van der Waals surface area (Å²) in [6, 6.07) is 1.61. The first-order chi connectivity index (χ1) is 8.58. The third-order valence-corrected chi connectivity index (χ3v) is 2.38. The van der Waals surface area contributed by atoms with Gasteiger partial charge in [-0.1, -0.05) is 0 Å². The van der Waals surface area contributed by atoms with Crippen LogP contribution in [0.5, 0.6) is 0 Å². The number of nitrogens with zero attached hydrogens (tertiary/aromatic N) is 1. The van der Waals surface area contributed by atoms with Crippen molar-refractivity contribution in [3.05, 3.63) is 18.0 Å². The molecule has 0 spiro atoms. The Balaban J connectivity index is 0.00000324. The highest BCUT2D eigenvalue weighted by Gasteiger charge is 2.13. The maximum atomic E-state index is 11.6. The van der Waals surface area contributed by atoms with E-state index in [1.807, 2.05) is 0 Å². The van der Waals surface area contributed by atoms with E-state index in [2.05, 4.69) is 10.6 Å². The van der Waals surface area contributed by atoms with Crippen molar-refractivity contribution in [1.29, 1.82) is 0 Å². The van der Waals surface area contributed by atoms with Crippen molar-refractivity contribution in [1.82, 2.24) is 9.88 Å². The van der Waals surface area contributed by atoms with Gasteiger partial charge in [0.25, 0.3) is 0 Å². The molecule has 6 nitrogen and oxygen atoms in total. The van der Waals surface area contributed by atoms with Crippen LogP contribution in [0, 0.1) is 0 Å². The second-order valence-electron chi connectivity index (χ2n) is 3.85. The summed E-state index contributed by atoms with van der Waals surface area (Å²) in [5.41, 5.74) is 1.02. The molecule has 0 radical (unpaired) electrons. The Morgan fingerprint density at radius 3 is 2.68 bits per heavy atom. The summed E-state index contributed by atoms with van der Waals surface area (Å²) >= 11 is 0. The summed E-state index contributed by atoms with van der Waals surface area (Å²) in [7, 11) is 3.52. The molecule has 0 bridgehead atoms. The van der Waals surface area contributed by atoms with E-state index in [1.54, 1.807) is 37.8 Å². The van der Waals surface area contributed by atoms with Gasteiger partial charge in [-0.15, -0.1) is 12.4 Å². The predicted octanol–water partition coefficient (Wildman–Crippen LogP) is 1.17. The van der Waals surface area contributed by atoms with Crippen LogP contribution in [-0.2, 0) is 16.6 Å². The topological polar surface area (TPSA) is 72.4 Å². The zero-order valence-corrected chi connectivity index (χ0v) is 12.2. The minimum atomic E-state index is -0.393. The molecule has 0 saturated heterocycles. The molecule has 0 saturated carbocycles. The van der Waals surface area contributed by atoms with Crippen molar-refractivity contribution >= 4 is 30.0 Å². The molecular formula is C12H20ClN3O3. The van der Waals surface area contributed by atoms with Crippen molar-refractivity contribution in [3.63, 3.8) is 0 Å². The van der Waals surface area contributed by atoms with Crippen molar-refractivity contribution in [3.8, 4) is 0 Å². The molecule has 0 aliphatic carbocycles. The Hall–Kier alpha value is -1.53. The lowest BCUT2D eigenvalue weighted by molar-refractivity contribution is -0.116. The number of carbonyl (C=O) groups is 2. The molecule has 0 fully saturated rings. The smallest absolute Gasteiger partial charge is 0.355 e. The molecule has 1 aromatic rings. The highest BCUT2D eigenvalue weighted by molar-refractivity contribution is 5.94. The number of amides is 1. The van der Waals surface area contributed by atoms with E-state index < -0.39 is 5.97 Å². The number of nitrogens with one attached hydrogen (secondary N) is 2. The second kappa shape index (κ2) is 8.55. The predicted molar refractivity (Wildman–Crippen MR) is 75.8 cm³/mol. The van der Waals surface area contributed by atoms with Gasteiger partial charge in [-0.3, -0.25) is 4.79 Å². The second-order valence-corrected chi connectivity index (χ2v) is 3.85. The van der Waals surface area contributed by atoms with Gasteiger partial charge in [0.15, 0.2) is 0 Å². The highest BCUT2D eigenvalue weighted by Crippen LogP contribution is 2.14. The van der Waals surface area contributed by atoms with Crippen LogP contribution in [0.15, 0.2) is 12.3 Å². The summed E-state index contributed by atoms with van der Waals surface area (Å²) < 4.78 is 6.54. The number of ether oxygens (including phenoxy) is 1. The van der Waals surface area contributed by atoms with Crippen LogP contribution in [0.1, 0.15) is 23.8 Å². The molecule has 7 heteroatoms. The number of aryl methyl sites for hydroxylation is 1. The molecule has 1 amide bonds. The van der Waals surface area contributed by atoms with Crippen LogP contribution in [0.2, 0.25) is 0 Å². The van der Waals surface area contributed by atoms with E-state index in [4.69, 9.17) is 4.74 Å². The van der Waals surface area contributed by atoms with Gasteiger partial charge in [-0.25, -0.2) is 4.79 Å². The zero-order chi connectivity index (χ0) is 13.5. The van der Waals surface area contributed by atoms with E-state index in [-0.39, 0.29) is 18.3 Å². The summed E-state index contributed by atoms with van der Waals surface area (Å²) in [6.07, 6.45) is 2.07. The van der Waals surface area contributed by atoms with E-state index in [1.165, 1.54) is 0 Å². The Morgan fingerprint density at radius 2 is 2.11 bits per heavy atom. The number of hydrogen-bond donors (Lipinski definition) is 2.